The Hall–Kier alpha value is -0.950. The van der Waals surface area contributed by atoms with Crippen molar-refractivity contribution in [2.45, 2.75) is 25.3 Å². The van der Waals surface area contributed by atoms with E-state index < -0.39 is 10.0 Å². The third kappa shape index (κ3) is 3.52. The molecule has 1 aromatic rings. The van der Waals surface area contributed by atoms with Gasteiger partial charge >= 0.3 is 0 Å². The van der Waals surface area contributed by atoms with Crippen LogP contribution in [0.3, 0.4) is 0 Å². The van der Waals surface area contributed by atoms with Gasteiger partial charge in [-0.3, -0.25) is 0 Å². The molecule has 0 heterocycles. The molecule has 0 aliphatic heterocycles. The van der Waals surface area contributed by atoms with Crippen molar-refractivity contribution in [1.29, 1.82) is 0 Å². The van der Waals surface area contributed by atoms with Gasteiger partial charge in [0.05, 0.1) is 18.1 Å². The Balaban J connectivity index is 3.11. The average Bonchev–Trinajstić information content (AvgIpc) is 2.32. The van der Waals surface area contributed by atoms with Crippen molar-refractivity contribution in [3.05, 3.63) is 28.8 Å². The molecule has 18 heavy (non-hydrogen) atoms. The lowest BCUT2D eigenvalue weighted by atomic mass is 10.1. The quantitative estimate of drug-likeness (QED) is 0.749. The Kier molecular flexibility index (Phi) is 5.28. The zero-order chi connectivity index (χ0) is 13.8. The van der Waals surface area contributed by atoms with E-state index in [2.05, 4.69) is 4.72 Å². The molecule has 0 unspecified atom stereocenters. The molecule has 1 aromatic carbocycles. The Bertz CT molecular complexity index is 511. The number of aryl methyl sites for hydroxylation is 1. The van der Waals surface area contributed by atoms with Crippen LogP contribution in [0.4, 0.5) is 0 Å². The van der Waals surface area contributed by atoms with Crippen LogP contribution in [-0.4, -0.2) is 33.8 Å². The molecule has 0 amide bonds. The number of sulfonamides is 1. The van der Waals surface area contributed by atoms with Gasteiger partial charge in [-0.25, -0.2) is 13.1 Å². The van der Waals surface area contributed by atoms with Crippen LogP contribution in [-0.2, 0) is 21.4 Å². The van der Waals surface area contributed by atoms with Crippen molar-refractivity contribution in [1.82, 2.24) is 4.72 Å². The van der Waals surface area contributed by atoms with Crippen LogP contribution < -0.4 is 4.72 Å². The second kappa shape index (κ2) is 6.29. The van der Waals surface area contributed by atoms with E-state index in [1.807, 2.05) is 6.92 Å². The van der Waals surface area contributed by atoms with Crippen LogP contribution in [0.1, 0.15) is 16.7 Å². The van der Waals surface area contributed by atoms with E-state index >= 15 is 0 Å². The fraction of sp³-hybridized carbons (Fsp3) is 0.500. The van der Waals surface area contributed by atoms with Gasteiger partial charge in [-0.15, -0.1) is 0 Å². The SMILES string of the molecule is COCCNS(=O)(=O)c1cc(CO)cc(C)c1C. The summed E-state index contributed by atoms with van der Waals surface area (Å²) in [5.41, 5.74) is 2.12. The highest BCUT2D eigenvalue weighted by atomic mass is 32.2. The van der Waals surface area contributed by atoms with Gasteiger partial charge in [0.1, 0.15) is 0 Å². The number of aliphatic hydroxyl groups excluding tert-OH is 1. The van der Waals surface area contributed by atoms with Crippen LogP contribution in [0.2, 0.25) is 0 Å². The Morgan fingerprint density at radius 3 is 2.56 bits per heavy atom. The summed E-state index contributed by atoms with van der Waals surface area (Å²) in [6, 6.07) is 3.28. The molecule has 6 heteroatoms. The maximum atomic E-state index is 12.1. The smallest absolute Gasteiger partial charge is 0.240 e. The van der Waals surface area contributed by atoms with Crippen LogP contribution >= 0.6 is 0 Å². The minimum atomic E-state index is -3.56. The van der Waals surface area contributed by atoms with E-state index in [1.54, 1.807) is 13.0 Å². The maximum Gasteiger partial charge on any atom is 0.240 e. The first-order valence-electron chi connectivity index (χ1n) is 5.62. The summed E-state index contributed by atoms with van der Waals surface area (Å²) in [6.45, 7) is 3.93. The first-order chi connectivity index (χ1) is 8.42. The molecule has 1 rings (SSSR count). The first kappa shape index (κ1) is 15.1. The van der Waals surface area contributed by atoms with Gasteiger partial charge in [-0.2, -0.15) is 0 Å². The van der Waals surface area contributed by atoms with E-state index in [9.17, 15) is 8.42 Å². The molecule has 0 atom stereocenters. The summed E-state index contributed by atoms with van der Waals surface area (Å²) in [5.74, 6) is 0. The summed E-state index contributed by atoms with van der Waals surface area (Å²) in [4.78, 5) is 0.211. The molecule has 2 N–H and O–H groups in total. The van der Waals surface area contributed by atoms with Crippen LogP contribution in [0.15, 0.2) is 17.0 Å². The highest BCUT2D eigenvalue weighted by molar-refractivity contribution is 7.89. The minimum Gasteiger partial charge on any atom is -0.392 e. The zero-order valence-electron chi connectivity index (χ0n) is 10.9. The number of methoxy groups -OCH3 is 1. The van der Waals surface area contributed by atoms with Crippen molar-refractivity contribution in [2.24, 2.45) is 0 Å². The van der Waals surface area contributed by atoms with Gasteiger partial charge in [0.15, 0.2) is 0 Å². The van der Waals surface area contributed by atoms with Gasteiger partial charge in [0.25, 0.3) is 0 Å². The first-order valence-corrected chi connectivity index (χ1v) is 7.10. The third-order valence-electron chi connectivity index (χ3n) is 2.75. The highest BCUT2D eigenvalue weighted by Gasteiger charge is 2.18. The molecule has 5 nitrogen and oxygen atoms in total. The van der Waals surface area contributed by atoms with E-state index in [1.165, 1.54) is 13.2 Å². The fourth-order valence-electron chi connectivity index (χ4n) is 1.63. The number of nitrogens with one attached hydrogen (secondary N) is 1. The number of aliphatic hydroxyl groups is 1. The number of benzene rings is 1. The molecular formula is C12H19NO4S. The Morgan fingerprint density at radius 2 is 2.00 bits per heavy atom. The molecule has 0 bridgehead atoms. The van der Waals surface area contributed by atoms with E-state index in [0.29, 0.717) is 17.7 Å². The molecule has 0 radical (unpaired) electrons. The predicted octanol–water partition coefficient (Wildman–Crippen LogP) is 0.720. The molecule has 0 saturated heterocycles. The van der Waals surface area contributed by atoms with Crippen molar-refractivity contribution < 1.29 is 18.3 Å². The summed E-state index contributed by atoms with van der Waals surface area (Å²) in [6.07, 6.45) is 0. The second-order valence-corrected chi connectivity index (χ2v) is 5.82. The molecule has 0 aromatic heterocycles. The lowest BCUT2D eigenvalue weighted by Crippen LogP contribution is -2.28. The molecule has 0 spiro atoms. The van der Waals surface area contributed by atoms with Crippen molar-refractivity contribution in [3.8, 4) is 0 Å². The summed E-state index contributed by atoms with van der Waals surface area (Å²) >= 11 is 0. The van der Waals surface area contributed by atoms with Gasteiger partial charge < -0.3 is 9.84 Å². The van der Waals surface area contributed by atoms with Crippen LogP contribution in [0.5, 0.6) is 0 Å². The lowest BCUT2D eigenvalue weighted by molar-refractivity contribution is 0.204. The van der Waals surface area contributed by atoms with Gasteiger partial charge in [0, 0.05) is 13.7 Å². The molecule has 0 aliphatic rings. The monoisotopic (exact) mass is 273 g/mol. The van der Waals surface area contributed by atoms with Gasteiger partial charge in [-0.1, -0.05) is 6.07 Å². The van der Waals surface area contributed by atoms with Crippen LogP contribution in [0.25, 0.3) is 0 Å². The van der Waals surface area contributed by atoms with E-state index in [-0.39, 0.29) is 18.0 Å². The largest absolute Gasteiger partial charge is 0.392 e. The fourth-order valence-corrected chi connectivity index (χ4v) is 3.00. The van der Waals surface area contributed by atoms with E-state index in [4.69, 9.17) is 9.84 Å². The van der Waals surface area contributed by atoms with Gasteiger partial charge in [-0.05, 0) is 36.6 Å². The molecule has 0 fully saturated rings. The van der Waals surface area contributed by atoms with Gasteiger partial charge in [0.2, 0.25) is 10.0 Å². The summed E-state index contributed by atoms with van der Waals surface area (Å²) in [7, 11) is -2.05. The number of rotatable bonds is 6. The normalized spacial score (nSPS) is 11.8. The Morgan fingerprint density at radius 1 is 1.33 bits per heavy atom. The molecule has 0 aliphatic carbocycles. The van der Waals surface area contributed by atoms with Crippen LogP contribution in [0, 0.1) is 13.8 Å². The molecule has 102 valence electrons. The van der Waals surface area contributed by atoms with Crippen molar-refractivity contribution in [3.63, 3.8) is 0 Å². The summed E-state index contributed by atoms with van der Waals surface area (Å²) in [5, 5.41) is 9.12. The summed E-state index contributed by atoms with van der Waals surface area (Å²) < 4.78 is 31.5. The highest BCUT2D eigenvalue weighted by Crippen LogP contribution is 2.21. The molecule has 0 saturated carbocycles. The molecular weight excluding hydrogens is 254 g/mol. The number of hydrogen-bond acceptors (Lipinski definition) is 4. The second-order valence-electron chi connectivity index (χ2n) is 4.08. The average molecular weight is 273 g/mol. The third-order valence-corrected chi connectivity index (χ3v) is 4.34. The minimum absolute atomic E-state index is 0.179. The Labute approximate surface area is 108 Å². The topological polar surface area (TPSA) is 75.6 Å². The number of ether oxygens (including phenoxy) is 1. The standard InChI is InChI=1S/C12H19NO4S/c1-9-6-11(8-14)7-12(10(9)2)18(15,16)13-4-5-17-3/h6-7,13-14H,4-5,8H2,1-3H3. The maximum absolute atomic E-state index is 12.1. The lowest BCUT2D eigenvalue weighted by Gasteiger charge is -2.12. The number of hydrogen-bond donors (Lipinski definition) is 2. The zero-order valence-corrected chi connectivity index (χ0v) is 11.7. The van der Waals surface area contributed by atoms with Crippen molar-refractivity contribution in [2.75, 3.05) is 20.3 Å². The predicted molar refractivity (Wildman–Crippen MR) is 68.9 cm³/mol. The van der Waals surface area contributed by atoms with E-state index in [0.717, 1.165) is 5.56 Å². The van der Waals surface area contributed by atoms with Crippen molar-refractivity contribution >= 4 is 10.0 Å².